The number of benzene rings is 1. The molecule has 3 rings (SSSR count). The summed E-state index contributed by atoms with van der Waals surface area (Å²) in [6.07, 6.45) is 2.59. The highest BCUT2D eigenvalue weighted by Crippen LogP contribution is 2.27. The van der Waals surface area contributed by atoms with Crippen LogP contribution in [0.3, 0.4) is 0 Å². The van der Waals surface area contributed by atoms with Gasteiger partial charge in [-0.05, 0) is 31.7 Å². The average molecular weight is 340 g/mol. The third-order valence-corrected chi connectivity index (χ3v) is 5.21. The third kappa shape index (κ3) is 3.76. The summed E-state index contributed by atoms with van der Waals surface area (Å²) in [6.45, 7) is 3.38. The van der Waals surface area contributed by atoms with Crippen LogP contribution in [0.15, 0.2) is 30.3 Å². The molecule has 1 aromatic rings. The summed E-state index contributed by atoms with van der Waals surface area (Å²) in [6, 6.07) is 11.6. The number of nitrogens with zero attached hydrogens (tertiary/aromatic N) is 3. The van der Waals surface area contributed by atoms with E-state index in [1.807, 2.05) is 36.1 Å². The highest BCUT2D eigenvalue weighted by molar-refractivity contribution is 5.89. The number of hydrogen-bond acceptors (Lipinski definition) is 3. The molecule has 3 atom stereocenters. The summed E-state index contributed by atoms with van der Waals surface area (Å²) in [5.41, 5.74) is 1.26. The van der Waals surface area contributed by atoms with Gasteiger partial charge in [0.2, 0.25) is 5.91 Å². The van der Waals surface area contributed by atoms with Gasteiger partial charge in [0.25, 0.3) is 0 Å². The Balaban J connectivity index is 1.60. The van der Waals surface area contributed by atoms with Crippen molar-refractivity contribution in [3.8, 4) is 6.07 Å². The van der Waals surface area contributed by atoms with Crippen LogP contribution in [0.4, 0.5) is 4.79 Å². The third-order valence-electron chi connectivity index (χ3n) is 5.21. The van der Waals surface area contributed by atoms with Crippen molar-refractivity contribution >= 4 is 11.9 Å². The van der Waals surface area contributed by atoms with E-state index in [1.165, 1.54) is 10.5 Å². The van der Waals surface area contributed by atoms with Crippen LogP contribution < -0.4 is 5.32 Å². The molecule has 0 spiro atoms. The first-order valence-electron chi connectivity index (χ1n) is 8.88. The van der Waals surface area contributed by atoms with Crippen LogP contribution in [0.1, 0.15) is 37.7 Å². The topological polar surface area (TPSA) is 76.4 Å². The molecule has 1 N–H and O–H groups in total. The molecule has 2 aliphatic heterocycles. The molecule has 0 radical (unpaired) electrons. The quantitative estimate of drug-likeness (QED) is 0.856. The van der Waals surface area contributed by atoms with E-state index in [0.717, 1.165) is 12.8 Å². The number of urea groups is 1. The number of hydrogen-bond donors (Lipinski definition) is 1. The largest absolute Gasteiger partial charge is 0.326 e. The highest BCUT2D eigenvalue weighted by Gasteiger charge is 2.38. The molecule has 2 heterocycles. The van der Waals surface area contributed by atoms with Crippen LogP contribution >= 0.6 is 0 Å². The summed E-state index contributed by atoms with van der Waals surface area (Å²) in [7, 11) is 0. The summed E-state index contributed by atoms with van der Waals surface area (Å²) in [5.74, 6) is 0.188. The first-order chi connectivity index (χ1) is 12.1. The maximum absolute atomic E-state index is 12.6. The second-order valence-corrected chi connectivity index (χ2v) is 6.91. The second kappa shape index (κ2) is 7.56. The number of nitrogens with one attached hydrogen (secondary N) is 1. The standard InChI is InChI=1S/C19H24N4O2/c1-14-12-17(18(24)23(14)11-9-20)21-19(25)22-10-5-8-16(13-22)15-6-3-2-4-7-15/h2-4,6-7,14,16-17H,5,8,10-13H2,1H3,(H,21,25)/t14?,16-,17?/m0/s1. The summed E-state index contributed by atoms with van der Waals surface area (Å²) < 4.78 is 0. The van der Waals surface area contributed by atoms with Crippen molar-refractivity contribution in [2.45, 2.75) is 44.2 Å². The smallest absolute Gasteiger partial charge is 0.318 e. The lowest BCUT2D eigenvalue weighted by molar-refractivity contribution is -0.129. The predicted octanol–water partition coefficient (Wildman–Crippen LogP) is 2.09. The Bertz CT molecular complexity index is 670. The zero-order valence-corrected chi connectivity index (χ0v) is 14.5. The van der Waals surface area contributed by atoms with Crippen molar-refractivity contribution in [2.75, 3.05) is 19.6 Å². The number of likely N-dealkylation sites (tertiary alicyclic amines) is 2. The van der Waals surface area contributed by atoms with E-state index in [2.05, 4.69) is 17.4 Å². The van der Waals surface area contributed by atoms with Crippen LogP contribution in [-0.2, 0) is 4.79 Å². The maximum Gasteiger partial charge on any atom is 0.318 e. The minimum Gasteiger partial charge on any atom is -0.326 e. The number of carbonyl (C=O) groups excluding carboxylic acids is 2. The Morgan fingerprint density at radius 3 is 2.84 bits per heavy atom. The van der Waals surface area contributed by atoms with Gasteiger partial charge in [-0.15, -0.1) is 0 Å². The Morgan fingerprint density at radius 2 is 2.12 bits per heavy atom. The van der Waals surface area contributed by atoms with Crippen LogP contribution in [0.2, 0.25) is 0 Å². The van der Waals surface area contributed by atoms with Gasteiger partial charge in [-0.2, -0.15) is 5.26 Å². The lowest BCUT2D eigenvalue weighted by Gasteiger charge is -2.33. The molecule has 0 saturated carbocycles. The lowest BCUT2D eigenvalue weighted by Crippen LogP contribution is -2.50. The van der Waals surface area contributed by atoms with Gasteiger partial charge < -0.3 is 15.1 Å². The van der Waals surface area contributed by atoms with Gasteiger partial charge >= 0.3 is 6.03 Å². The molecule has 0 bridgehead atoms. The lowest BCUT2D eigenvalue weighted by atomic mass is 9.91. The summed E-state index contributed by atoms with van der Waals surface area (Å²) >= 11 is 0. The summed E-state index contributed by atoms with van der Waals surface area (Å²) in [5, 5.41) is 11.7. The minimum absolute atomic E-state index is 0.0177. The number of carbonyl (C=O) groups is 2. The molecule has 0 aromatic heterocycles. The van der Waals surface area contributed by atoms with Gasteiger partial charge in [-0.3, -0.25) is 4.79 Å². The van der Waals surface area contributed by atoms with E-state index in [4.69, 9.17) is 5.26 Å². The van der Waals surface area contributed by atoms with Gasteiger partial charge in [-0.1, -0.05) is 30.3 Å². The van der Waals surface area contributed by atoms with Gasteiger partial charge in [0.05, 0.1) is 6.07 Å². The Morgan fingerprint density at radius 1 is 1.36 bits per heavy atom. The van der Waals surface area contributed by atoms with Crippen LogP contribution in [0.25, 0.3) is 0 Å². The molecule has 2 unspecified atom stereocenters. The molecule has 6 nitrogen and oxygen atoms in total. The van der Waals surface area contributed by atoms with E-state index in [1.54, 1.807) is 0 Å². The normalized spacial score (nSPS) is 26.4. The fraction of sp³-hybridized carbons (Fsp3) is 0.526. The van der Waals surface area contributed by atoms with Crippen LogP contribution in [-0.4, -0.2) is 53.5 Å². The van der Waals surface area contributed by atoms with E-state index < -0.39 is 6.04 Å². The monoisotopic (exact) mass is 340 g/mol. The first-order valence-corrected chi connectivity index (χ1v) is 8.88. The van der Waals surface area contributed by atoms with Crippen molar-refractivity contribution in [1.29, 1.82) is 5.26 Å². The first kappa shape index (κ1) is 17.3. The maximum atomic E-state index is 12.6. The van der Waals surface area contributed by atoms with Gasteiger partial charge in [-0.25, -0.2) is 4.79 Å². The number of piperidine rings is 1. The molecule has 2 aliphatic rings. The molecule has 2 saturated heterocycles. The molecule has 1 aromatic carbocycles. The van der Waals surface area contributed by atoms with E-state index in [9.17, 15) is 9.59 Å². The molecule has 132 valence electrons. The summed E-state index contributed by atoms with van der Waals surface area (Å²) in [4.78, 5) is 28.3. The van der Waals surface area contributed by atoms with Crippen molar-refractivity contribution in [1.82, 2.24) is 15.1 Å². The number of amides is 3. The predicted molar refractivity (Wildman–Crippen MR) is 93.7 cm³/mol. The number of nitriles is 1. The zero-order valence-electron chi connectivity index (χ0n) is 14.5. The Hall–Kier alpha value is -2.55. The zero-order chi connectivity index (χ0) is 17.8. The van der Waals surface area contributed by atoms with Crippen molar-refractivity contribution in [3.63, 3.8) is 0 Å². The minimum atomic E-state index is -0.520. The molecule has 2 fully saturated rings. The molecule has 6 heteroatoms. The Labute approximate surface area is 148 Å². The van der Waals surface area contributed by atoms with Crippen molar-refractivity contribution < 1.29 is 9.59 Å². The molecular weight excluding hydrogens is 316 g/mol. The van der Waals surface area contributed by atoms with Gasteiger partial charge in [0.15, 0.2) is 0 Å². The van der Waals surface area contributed by atoms with E-state index >= 15 is 0 Å². The van der Waals surface area contributed by atoms with E-state index in [0.29, 0.717) is 25.4 Å². The van der Waals surface area contributed by atoms with Gasteiger partial charge in [0.1, 0.15) is 12.6 Å². The van der Waals surface area contributed by atoms with Crippen molar-refractivity contribution in [3.05, 3.63) is 35.9 Å². The fourth-order valence-corrected chi connectivity index (χ4v) is 3.82. The van der Waals surface area contributed by atoms with Crippen molar-refractivity contribution in [2.24, 2.45) is 0 Å². The van der Waals surface area contributed by atoms with Crippen LogP contribution in [0.5, 0.6) is 0 Å². The molecule has 3 amide bonds. The van der Waals surface area contributed by atoms with Crippen LogP contribution in [0, 0.1) is 11.3 Å². The molecule has 0 aliphatic carbocycles. The average Bonchev–Trinajstić information content (AvgIpc) is 2.90. The van der Waals surface area contributed by atoms with Gasteiger partial charge in [0, 0.05) is 25.0 Å². The molecular formula is C19H24N4O2. The fourth-order valence-electron chi connectivity index (χ4n) is 3.82. The van der Waals surface area contributed by atoms with E-state index in [-0.39, 0.29) is 24.5 Å². The SMILES string of the molecule is CC1CC(NC(=O)N2CCC[C@H](c3ccccc3)C2)C(=O)N1CC#N. The second-order valence-electron chi connectivity index (χ2n) is 6.91. The number of rotatable bonds is 3. The highest BCUT2D eigenvalue weighted by atomic mass is 16.2. The Kier molecular flexibility index (Phi) is 5.22. The molecule has 25 heavy (non-hydrogen) atoms.